The summed E-state index contributed by atoms with van der Waals surface area (Å²) in [7, 11) is 0. The van der Waals surface area contributed by atoms with Gasteiger partial charge in [-0.2, -0.15) is 0 Å². The Morgan fingerprint density at radius 3 is 2.47 bits per heavy atom. The fourth-order valence-electron chi connectivity index (χ4n) is 2.37. The molecule has 0 saturated carbocycles. The van der Waals surface area contributed by atoms with E-state index in [4.69, 9.17) is 0 Å². The Morgan fingerprint density at radius 2 is 2.00 bits per heavy atom. The topological polar surface area (TPSA) is 20.2 Å². The normalized spacial score (nSPS) is 15.9. The number of thiophene rings is 1. The van der Waals surface area contributed by atoms with Crippen molar-refractivity contribution >= 4 is 27.3 Å². The van der Waals surface area contributed by atoms with Gasteiger partial charge in [-0.15, -0.1) is 11.3 Å². The van der Waals surface area contributed by atoms with Gasteiger partial charge in [0.1, 0.15) is 0 Å². The smallest absolute Gasteiger partial charge is 0.0701 e. The van der Waals surface area contributed by atoms with Gasteiger partial charge in [-0.05, 0) is 52.2 Å². The van der Waals surface area contributed by atoms with Crippen LogP contribution in [0.5, 0.6) is 0 Å². The van der Waals surface area contributed by atoms with Crippen LogP contribution in [0.15, 0.2) is 15.9 Å². The third-order valence-corrected chi connectivity index (χ3v) is 4.35. The van der Waals surface area contributed by atoms with E-state index in [9.17, 15) is 5.11 Å². The first-order valence-corrected chi connectivity index (χ1v) is 7.79. The van der Waals surface area contributed by atoms with Crippen LogP contribution in [0, 0.1) is 11.3 Å². The maximum atomic E-state index is 10.1. The van der Waals surface area contributed by atoms with Crippen molar-refractivity contribution in [3.05, 3.63) is 20.8 Å². The van der Waals surface area contributed by atoms with Crippen LogP contribution in [0.3, 0.4) is 0 Å². The van der Waals surface area contributed by atoms with Gasteiger partial charge in [0, 0.05) is 11.3 Å². The number of hydrogen-bond acceptors (Lipinski definition) is 2. The molecule has 1 heterocycles. The van der Waals surface area contributed by atoms with Gasteiger partial charge in [-0.3, -0.25) is 0 Å². The van der Waals surface area contributed by atoms with Crippen LogP contribution in [0.4, 0.5) is 0 Å². The van der Waals surface area contributed by atoms with Gasteiger partial charge in [0.2, 0.25) is 0 Å². The van der Waals surface area contributed by atoms with E-state index in [1.807, 2.05) is 6.07 Å². The lowest BCUT2D eigenvalue weighted by molar-refractivity contribution is 0.133. The van der Waals surface area contributed by atoms with Crippen LogP contribution < -0.4 is 0 Å². The molecule has 0 aliphatic heterocycles. The highest BCUT2D eigenvalue weighted by molar-refractivity contribution is 9.11. The lowest BCUT2D eigenvalue weighted by Crippen LogP contribution is -2.18. The lowest BCUT2D eigenvalue weighted by atomic mass is 9.83. The van der Waals surface area contributed by atoms with Gasteiger partial charge in [0.05, 0.1) is 9.89 Å². The van der Waals surface area contributed by atoms with E-state index in [0.29, 0.717) is 11.3 Å². The number of halogens is 1. The molecule has 0 aliphatic carbocycles. The molecule has 1 aromatic heterocycles. The molecule has 3 heteroatoms. The number of aliphatic hydroxyl groups excluding tert-OH is 1. The molecule has 1 rings (SSSR count). The first-order valence-electron chi connectivity index (χ1n) is 6.18. The first kappa shape index (κ1) is 15.2. The predicted molar refractivity (Wildman–Crippen MR) is 79.6 cm³/mol. The molecule has 1 N–H and O–H groups in total. The van der Waals surface area contributed by atoms with Crippen molar-refractivity contribution in [3.63, 3.8) is 0 Å². The molecule has 0 saturated heterocycles. The van der Waals surface area contributed by atoms with Crippen molar-refractivity contribution in [1.29, 1.82) is 0 Å². The third kappa shape index (κ3) is 6.58. The van der Waals surface area contributed by atoms with Crippen molar-refractivity contribution in [2.45, 2.75) is 53.1 Å². The molecule has 1 nitrogen and oxygen atoms in total. The zero-order chi connectivity index (χ0) is 13.1. The lowest BCUT2D eigenvalue weighted by Gasteiger charge is -2.24. The monoisotopic (exact) mass is 318 g/mol. The summed E-state index contributed by atoms with van der Waals surface area (Å²) in [5.41, 5.74) is 0.352. The Kier molecular flexibility index (Phi) is 5.68. The molecule has 2 unspecified atom stereocenters. The average molecular weight is 319 g/mol. The van der Waals surface area contributed by atoms with Gasteiger partial charge < -0.3 is 5.11 Å². The molecule has 1 aromatic rings. The Balaban J connectivity index is 2.36. The van der Waals surface area contributed by atoms with E-state index in [2.05, 4.69) is 49.7 Å². The highest BCUT2D eigenvalue weighted by atomic mass is 79.9. The van der Waals surface area contributed by atoms with E-state index in [0.717, 1.165) is 23.0 Å². The molecule has 0 spiro atoms. The second-order valence-corrected chi connectivity index (χ2v) is 8.72. The quantitative estimate of drug-likeness (QED) is 0.820. The van der Waals surface area contributed by atoms with Gasteiger partial charge in [0.25, 0.3) is 0 Å². The molecule has 0 aromatic carbocycles. The first-order chi connectivity index (χ1) is 7.76. The highest BCUT2D eigenvalue weighted by Crippen LogP contribution is 2.28. The predicted octanol–water partition coefficient (Wildman–Crippen LogP) is 4.88. The SMILES string of the molecule is CC(CC(O)Cc1ccc(Br)s1)CC(C)(C)C. The Labute approximate surface area is 117 Å². The molecule has 17 heavy (non-hydrogen) atoms. The van der Waals surface area contributed by atoms with Crippen molar-refractivity contribution in [1.82, 2.24) is 0 Å². The Morgan fingerprint density at radius 1 is 1.35 bits per heavy atom. The Hall–Kier alpha value is 0.140. The van der Waals surface area contributed by atoms with Gasteiger partial charge in [0.15, 0.2) is 0 Å². The zero-order valence-electron chi connectivity index (χ0n) is 11.2. The molecule has 0 amide bonds. The van der Waals surface area contributed by atoms with Crippen LogP contribution in [-0.2, 0) is 6.42 Å². The molecule has 0 aliphatic rings. The summed E-state index contributed by atoms with van der Waals surface area (Å²) in [6.07, 6.45) is 2.63. The summed E-state index contributed by atoms with van der Waals surface area (Å²) >= 11 is 5.16. The Bertz CT molecular complexity index is 340. The van der Waals surface area contributed by atoms with Crippen LogP contribution in [-0.4, -0.2) is 11.2 Å². The van der Waals surface area contributed by atoms with Gasteiger partial charge >= 0.3 is 0 Å². The summed E-state index contributed by atoms with van der Waals surface area (Å²) in [4.78, 5) is 1.26. The fourth-order valence-corrected chi connectivity index (χ4v) is 3.92. The van der Waals surface area contributed by atoms with E-state index in [-0.39, 0.29) is 6.10 Å². The number of rotatable bonds is 5. The van der Waals surface area contributed by atoms with E-state index >= 15 is 0 Å². The maximum Gasteiger partial charge on any atom is 0.0701 e. The van der Waals surface area contributed by atoms with Crippen LogP contribution in [0.2, 0.25) is 0 Å². The average Bonchev–Trinajstić information content (AvgIpc) is 2.46. The largest absolute Gasteiger partial charge is 0.393 e. The summed E-state index contributed by atoms with van der Waals surface area (Å²) in [5, 5.41) is 10.1. The fraction of sp³-hybridized carbons (Fsp3) is 0.714. The summed E-state index contributed by atoms with van der Waals surface area (Å²) in [6.45, 7) is 9.00. The highest BCUT2D eigenvalue weighted by Gasteiger charge is 2.18. The van der Waals surface area contributed by atoms with Crippen LogP contribution >= 0.6 is 27.3 Å². The molecule has 2 atom stereocenters. The van der Waals surface area contributed by atoms with E-state index in [1.54, 1.807) is 11.3 Å². The standard InChI is InChI=1S/C14H23BrOS/c1-10(9-14(2,3)4)7-11(16)8-12-5-6-13(15)17-12/h5-6,10-11,16H,7-9H2,1-4H3. The van der Waals surface area contributed by atoms with E-state index < -0.39 is 0 Å². The number of hydrogen-bond donors (Lipinski definition) is 1. The molecular formula is C14H23BrOS. The van der Waals surface area contributed by atoms with Gasteiger partial charge in [-0.1, -0.05) is 27.7 Å². The maximum absolute atomic E-state index is 10.1. The second kappa shape index (κ2) is 6.35. The van der Waals surface area contributed by atoms with Crippen molar-refractivity contribution in [2.24, 2.45) is 11.3 Å². The second-order valence-electron chi connectivity index (χ2n) is 6.17. The summed E-state index contributed by atoms with van der Waals surface area (Å²) in [6, 6.07) is 4.14. The minimum atomic E-state index is -0.210. The molecule has 0 radical (unpaired) electrons. The van der Waals surface area contributed by atoms with Crippen molar-refractivity contribution in [2.75, 3.05) is 0 Å². The molecule has 0 fully saturated rings. The van der Waals surface area contributed by atoms with Crippen LogP contribution in [0.1, 0.15) is 45.4 Å². The summed E-state index contributed by atoms with van der Waals surface area (Å²) in [5.74, 6) is 0.577. The summed E-state index contributed by atoms with van der Waals surface area (Å²) < 4.78 is 1.14. The minimum Gasteiger partial charge on any atom is -0.393 e. The van der Waals surface area contributed by atoms with Gasteiger partial charge in [-0.25, -0.2) is 0 Å². The zero-order valence-corrected chi connectivity index (χ0v) is 13.6. The molecule has 98 valence electrons. The molecular weight excluding hydrogens is 296 g/mol. The van der Waals surface area contributed by atoms with Crippen molar-refractivity contribution < 1.29 is 5.11 Å². The van der Waals surface area contributed by atoms with Crippen molar-refractivity contribution in [3.8, 4) is 0 Å². The third-order valence-electron chi connectivity index (χ3n) is 2.70. The number of aliphatic hydroxyl groups is 1. The van der Waals surface area contributed by atoms with Crippen LogP contribution in [0.25, 0.3) is 0 Å². The van der Waals surface area contributed by atoms with E-state index in [1.165, 1.54) is 4.88 Å². The molecule has 0 bridgehead atoms. The minimum absolute atomic E-state index is 0.210.